The van der Waals surface area contributed by atoms with Gasteiger partial charge in [0, 0.05) is 10.9 Å². The lowest BCUT2D eigenvalue weighted by Gasteiger charge is -2.16. The van der Waals surface area contributed by atoms with Gasteiger partial charge in [0.25, 0.3) is 5.56 Å². The summed E-state index contributed by atoms with van der Waals surface area (Å²) in [5.74, 6) is 0.101. The summed E-state index contributed by atoms with van der Waals surface area (Å²) >= 11 is 6.29. The molecule has 3 aromatic heterocycles. The van der Waals surface area contributed by atoms with Crippen LogP contribution in [0.15, 0.2) is 53.7 Å². The third-order valence-electron chi connectivity index (χ3n) is 6.86. The van der Waals surface area contributed by atoms with Crippen molar-refractivity contribution in [3.63, 3.8) is 0 Å². The second-order valence-corrected chi connectivity index (χ2v) is 9.77. The van der Waals surface area contributed by atoms with Crippen LogP contribution in [0.3, 0.4) is 0 Å². The Morgan fingerprint density at radius 1 is 1.26 bits per heavy atom. The molecule has 5 aromatic rings. The maximum Gasteiger partial charge on any atom is 0.337 e. The first kappa shape index (κ1) is 24.6. The summed E-state index contributed by atoms with van der Waals surface area (Å²) < 4.78 is 9.32. The number of imidazole rings is 1. The van der Waals surface area contributed by atoms with Gasteiger partial charge in [-0.25, -0.2) is 14.8 Å². The molecule has 10 nitrogen and oxygen atoms in total. The van der Waals surface area contributed by atoms with Gasteiger partial charge in [0.05, 0.1) is 51.7 Å². The van der Waals surface area contributed by atoms with Crippen molar-refractivity contribution in [3.8, 4) is 17.5 Å². The lowest BCUT2D eigenvalue weighted by molar-refractivity contribution is 0.0699. The first-order valence-electron chi connectivity index (χ1n) is 12.3. The molecule has 0 saturated heterocycles. The summed E-state index contributed by atoms with van der Waals surface area (Å²) in [6.07, 6.45) is 5.01. The quantitative estimate of drug-likeness (QED) is 0.316. The van der Waals surface area contributed by atoms with Crippen LogP contribution >= 0.6 is 11.6 Å². The second kappa shape index (κ2) is 9.53. The number of hydrogen-bond donors (Lipinski definition) is 1. The lowest BCUT2D eigenvalue weighted by atomic mass is 10.1. The van der Waals surface area contributed by atoms with E-state index in [-0.39, 0.29) is 35.6 Å². The molecule has 1 fully saturated rings. The van der Waals surface area contributed by atoms with Crippen LogP contribution < -0.4 is 10.3 Å². The van der Waals surface area contributed by atoms with Gasteiger partial charge in [-0.15, -0.1) is 0 Å². The minimum absolute atomic E-state index is 0.0891. The number of carbonyl (C=O) groups is 1. The van der Waals surface area contributed by atoms with E-state index >= 15 is 0 Å². The molecule has 0 bridgehead atoms. The van der Waals surface area contributed by atoms with E-state index < -0.39 is 5.97 Å². The largest absolute Gasteiger partial charge is 0.490 e. The number of fused-ring (bicyclic) bond motifs is 2. The van der Waals surface area contributed by atoms with E-state index in [1.165, 1.54) is 17.0 Å². The number of ether oxygens (including phenoxy) is 1. The number of nitriles is 1. The zero-order valence-corrected chi connectivity index (χ0v) is 21.5. The molecule has 0 aliphatic heterocycles. The van der Waals surface area contributed by atoms with Gasteiger partial charge in [0.1, 0.15) is 36.1 Å². The SMILES string of the molecule is Cc1nc2cnc(C3CC3)c(C#N)c2c(=O)n1CCOc1ccc(Cl)cc1-n1cnc2c(C(=O)O)cccc21. The van der Waals surface area contributed by atoms with Crippen molar-refractivity contribution in [3.05, 3.63) is 86.9 Å². The van der Waals surface area contributed by atoms with Crippen LogP contribution in [0.2, 0.25) is 5.02 Å². The number of aryl methyl sites for hydroxylation is 1. The van der Waals surface area contributed by atoms with E-state index in [9.17, 15) is 20.0 Å². The second-order valence-electron chi connectivity index (χ2n) is 9.33. The monoisotopic (exact) mass is 540 g/mol. The van der Waals surface area contributed by atoms with Gasteiger partial charge in [-0.3, -0.25) is 18.9 Å². The number of benzene rings is 2. The number of halogens is 1. The number of rotatable bonds is 7. The van der Waals surface area contributed by atoms with Gasteiger partial charge in [-0.05, 0) is 50.1 Å². The van der Waals surface area contributed by atoms with Gasteiger partial charge >= 0.3 is 5.97 Å². The van der Waals surface area contributed by atoms with Crippen LogP contribution in [0.5, 0.6) is 5.75 Å². The summed E-state index contributed by atoms with van der Waals surface area (Å²) in [6.45, 7) is 2.04. The number of para-hydroxylation sites is 1. The van der Waals surface area contributed by atoms with Crippen molar-refractivity contribution < 1.29 is 14.6 Å². The zero-order valence-electron chi connectivity index (χ0n) is 20.8. The molecule has 11 heteroatoms. The van der Waals surface area contributed by atoms with Crippen molar-refractivity contribution >= 4 is 39.5 Å². The van der Waals surface area contributed by atoms with Crippen LogP contribution in [-0.4, -0.2) is 41.8 Å². The Hall–Kier alpha value is -4.75. The predicted molar refractivity (Wildman–Crippen MR) is 144 cm³/mol. The Balaban J connectivity index is 1.33. The highest BCUT2D eigenvalue weighted by molar-refractivity contribution is 6.30. The molecule has 0 unspecified atom stereocenters. The summed E-state index contributed by atoms with van der Waals surface area (Å²) in [5.41, 5.74) is 2.65. The van der Waals surface area contributed by atoms with Gasteiger partial charge in [0.15, 0.2) is 0 Å². The molecule has 1 saturated carbocycles. The molecular formula is C28H21ClN6O4. The fourth-order valence-corrected chi connectivity index (χ4v) is 4.99. The molecule has 6 rings (SSSR count). The standard InChI is InChI=1S/C28H21ClN6O4/c1-15-33-20-13-31-25(16-5-6-16)19(12-30)24(20)27(36)34(15)9-10-39-23-8-7-17(29)11-22(23)35-14-32-26-18(28(37)38)3-2-4-21(26)35/h2-4,7-8,11,13-14,16H,5-6,9-10H2,1H3,(H,37,38). The number of aromatic carboxylic acids is 1. The van der Waals surface area contributed by atoms with E-state index in [1.54, 1.807) is 48.0 Å². The molecule has 1 aliphatic carbocycles. The minimum Gasteiger partial charge on any atom is -0.490 e. The normalized spacial score (nSPS) is 13.1. The van der Waals surface area contributed by atoms with Crippen LogP contribution in [0, 0.1) is 18.3 Å². The van der Waals surface area contributed by atoms with E-state index in [1.807, 2.05) is 0 Å². The third kappa shape index (κ3) is 4.27. The number of carboxylic acids is 1. The van der Waals surface area contributed by atoms with E-state index in [0.717, 1.165) is 12.8 Å². The number of nitrogens with zero attached hydrogens (tertiary/aromatic N) is 6. The molecule has 1 aliphatic rings. The maximum absolute atomic E-state index is 13.5. The average Bonchev–Trinajstić information content (AvgIpc) is 3.68. The van der Waals surface area contributed by atoms with Crippen molar-refractivity contribution in [1.82, 2.24) is 24.1 Å². The fourth-order valence-electron chi connectivity index (χ4n) is 4.83. The molecule has 3 heterocycles. The number of carboxylic acid groups (broad SMARTS) is 1. The predicted octanol–water partition coefficient (Wildman–Crippen LogP) is 4.62. The average molecular weight is 541 g/mol. The van der Waals surface area contributed by atoms with Gasteiger partial charge < -0.3 is 9.84 Å². The fraction of sp³-hybridized carbons (Fsp3) is 0.214. The molecule has 0 amide bonds. The Bertz CT molecular complexity index is 1900. The Morgan fingerprint density at radius 3 is 2.82 bits per heavy atom. The molecule has 194 valence electrons. The van der Waals surface area contributed by atoms with Crippen LogP contribution in [0.25, 0.3) is 27.6 Å². The molecule has 0 spiro atoms. The molecular weight excluding hydrogens is 520 g/mol. The van der Waals surface area contributed by atoms with Gasteiger partial charge in [-0.2, -0.15) is 5.26 Å². The summed E-state index contributed by atoms with van der Waals surface area (Å²) in [7, 11) is 0. The minimum atomic E-state index is -1.07. The Morgan fingerprint density at radius 2 is 2.08 bits per heavy atom. The first-order valence-corrected chi connectivity index (χ1v) is 12.7. The summed E-state index contributed by atoms with van der Waals surface area (Å²) in [5, 5.41) is 20.1. The molecule has 1 N–H and O–H groups in total. The van der Waals surface area contributed by atoms with Crippen molar-refractivity contribution in [2.24, 2.45) is 0 Å². The number of hydrogen-bond acceptors (Lipinski definition) is 7. The molecule has 0 atom stereocenters. The highest BCUT2D eigenvalue weighted by Crippen LogP contribution is 2.41. The van der Waals surface area contributed by atoms with Gasteiger partial charge in [0.2, 0.25) is 0 Å². The number of pyridine rings is 1. The van der Waals surface area contributed by atoms with Crippen LogP contribution in [0.4, 0.5) is 0 Å². The highest BCUT2D eigenvalue weighted by atomic mass is 35.5. The van der Waals surface area contributed by atoms with E-state index in [2.05, 4.69) is 21.0 Å². The maximum atomic E-state index is 13.5. The zero-order chi connectivity index (χ0) is 27.3. The summed E-state index contributed by atoms with van der Waals surface area (Å²) in [6, 6.07) is 12.2. The van der Waals surface area contributed by atoms with Crippen molar-refractivity contribution in [2.45, 2.75) is 32.2 Å². The summed E-state index contributed by atoms with van der Waals surface area (Å²) in [4.78, 5) is 38.4. The first-order chi connectivity index (χ1) is 18.9. The van der Waals surface area contributed by atoms with Gasteiger partial charge in [-0.1, -0.05) is 17.7 Å². The van der Waals surface area contributed by atoms with E-state index in [0.29, 0.717) is 50.1 Å². The Labute approximate surface area is 226 Å². The van der Waals surface area contributed by atoms with E-state index in [4.69, 9.17) is 16.3 Å². The molecule has 39 heavy (non-hydrogen) atoms. The lowest BCUT2D eigenvalue weighted by Crippen LogP contribution is -2.27. The van der Waals surface area contributed by atoms with Crippen molar-refractivity contribution in [1.29, 1.82) is 5.26 Å². The van der Waals surface area contributed by atoms with Crippen LogP contribution in [-0.2, 0) is 6.54 Å². The smallest absolute Gasteiger partial charge is 0.337 e. The Kier molecular flexibility index (Phi) is 6.00. The van der Waals surface area contributed by atoms with Crippen LogP contribution in [0.1, 0.15) is 46.2 Å². The molecule has 2 aromatic carbocycles. The van der Waals surface area contributed by atoms with Crippen molar-refractivity contribution in [2.75, 3.05) is 6.61 Å². The third-order valence-corrected chi connectivity index (χ3v) is 7.09. The topological polar surface area (TPSA) is 136 Å². The number of aromatic nitrogens is 5. The molecule has 0 radical (unpaired) electrons. The highest BCUT2D eigenvalue weighted by Gasteiger charge is 2.30.